The molecule has 3 aromatic rings. The Morgan fingerprint density at radius 1 is 1.06 bits per heavy atom. The van der Waals surface area contributed by atoms with Crippen molar-refractivity contribution in [3.8, 4) is 5.75 Å². The Morgan fingerprint density at radius 3 is 2.53 bits per heavy atom. The van der Waals surface area contributed by atoms with Crippen LogP contribution in [0.25, 0.3) is 11.0 Å². The van der Waals surface area contributed by atoms with Gasteiger partial charge in [-0.05, 0) is 62.8 Å². The molecule has 0 bridgehead atoms. The van der Waals surface area contributed by atoms with E-state index in [1.807, 2.05) is 36.4 Å². The van der Waals surface area contributed by atoms with Gasteiger partial charge >= 0.3 is 17.7 Å². The van der Waals surface area contributed by atoms with Gasteiger partial charge < -0.3 is 19.2 Å². The molecule has 4 rings (SSSR count). The number of hydrogen-bond donors (Lipinski definition) is 1. The van der Waals surface area contributed by atoms with E-state index < -0.39 is 18.1 Å². The lowest BCUT2D eigenvalue weighted by molar-refractivity contribution is -0.136. The van der Waals surface area contributed by atoms with E-state index in [2.05, 4.69) is 5.32 Å². The number of nitrogens with one attached hydrogen (secondary N) is 1. The minimum atomic E-state index is -0.927. The second-order valence-electron chi connectivity index (χ2n) is 7.97. The Hall–Kier alpha value is -3.61. The molecule has 1 aromatic heterocycles. The zero-order valence-corrected chi connectivity index (χ0v) is 18.1. The molecule has 32 heavy (non-hydrogen) atoms. The maximum atomic E-state index is 12.5. The van der Waals surface area contributed by atoms with Gasteiger partial charge in [-0.3, -0.25) is 0 Å². The zero-order valence-electron chi connectivity index (χ0n) is 18.1. The first-order valence-electron chi connectivity index (χ1n) is 10.7. The van der Waals surface area contributed by atoms with E-state index in [9.17, 15) is 14.4 Å². The van der Waals surface area contributed by atoms with Gasteiger partial charge in [-0.1, -0.05) is 30.3 Å². The average molecular weight is 435 g/mol. The lowest BCUT2D eigenvalue weighted by Gasteiger charge is -2.18. The summed E-state index contributed by atoms with van der Waals surface area (Å²) in [7, 11) is 0. The van der Waals surface area contributed by atoms with Crippen molar-refractivity contribution in [2.24, 2.45) is 0 Å². The number of carbonyl (C=O) groups excluding carboxylic acids is 2. The Balaban J connectivity index is 1.44. The Kier molecular flexibility index (Phi) is 6.25. The topological polar surface area (TPSA) is 94.8 Å². The minimum Gasteiger partial charge on any atom is -0.445 e. The summed E-state index contributed by atoms with van der Waals surface area (Å²) in [6.07, 6.45) is 2.86. The number of benzene rings is 2. The van der Waals surface area contributed by atoms with Crippen molar-refractivity contribution < 1.29 is 23.5 Å². The van der Waals surface area contributed by atoms with Crippen LogP contribution in [0.1, 0.15) is 42.0 Å². The van der Waals surface area contributed by atoms with Crippen LogP contribution in [0.15, 0.2) is 51.7 Å². The van der Waals surface area contributed by atoms with Crippen molar-refractivity contribution >= 4 is 23.0 Å². The fraction of sp³-hybridized carbons (Fsp3) is 0.320. The molecule has 7 nitrogen and oxygen atoms in total. The molecular weight excluding hydrogens is 410 g/mol. The predicted octanol–water partition coefficient (Wildman–Crippen LogP) is 4.20. The first kappa shape index (κ1) is 21.6. The Labute approximate surface area is 185 Å². The van der Waals surface area contributed by atoms with Crippen molar-refractivity contribution in [2.75, 3.05) is 0 Å². The summed E-state index contributed by atoms with van der Waals surface area (Å²) in [5.41, 5.74) is 3.30. The molecule has 1 atom stereocenters. The van der Waals surface area contributed by atoms with Gasteiger partial charge in [-0.2, -0.15) is 0 Å². The number of aryl methyl sites for hydroxylation is 2. The smallest absolute Gasteiger partial charge is 0.408 e. The van der Waals surface area contributed by atoms with Crippen LogP contribution >= 0.6 is 0 Å². The van der Waals surface area contributed by atoms with Crippen LogP contribution in [-0.2, 0) is 29.0 Å². The monoisotopic (exact) mass is 435 g/mol. The third kappa shape index (κ3) is 4.51. The summed E-state index contributed by atoms with van der Waals surface area (Å²) in [5, 5.41) is 3.35. The van der Waals surface area contributed by atoms with Crippen LogP contribution in [0.5, 0.6) is 5.75 Å². The summed E-state index contributed by atoms with van der Waals surface area (Å²) in [5.74, 6) is -0.364. The molecule has 0 saturated heterocycles. The predicted molar refractivity (Wildman–Crippen MR) is 119 cm³/mol. The normalized spacial score (nSPS) is 13.8. The molecule has 2 aromatic carbocycles. The van der Waals surface area contributed by atoms with E-state index in [1.165, 1.54) is 6.92 Å². The molecule has 1 amide bonds. The molecule has 1 N–H and O–H groups in total. The molecule has 1 aliphatic rings. The summed E-state index contributed by atoms with van der Waals surface area (Å²) in [4.78, 5) is 37.0. The van der Waals surface area contributed by atoms with E-state index in [0.717, 1.165) is 47.8 Å². The van der Waals surface area contributed by atoms with Gasteiger partial charge in [-0.15, -0.1) is 0 Å². The van der Waals surface area contributed by atoms with Crippen molar-refractivity contribution in [3.63, 3.8) is 0 Å². The quantitative estimate of drug-likeness (QED) is 0.367. The van der Waals surface area contributed by atoms with Crippen LogP contribution in [0.3, 0.4) is 0 Å². The zero-order chi connectivity index (χ0) is 22.7. The maximum Gasteiger partial charge on any atom is 0.408 e. The molecular formula is C25H25NO6. The average Bonchev–Trinajstić information content (AvgIpc) is 2.80. The summed E-state index contributed by atoms with van der Waals surface area (Å²) >= 11 is 0. The number of rotatable bonds is 5. The van der Waals surface area contributed by atoms with Crippen LogP contribution < -0.4 is 15.7 Å². The Bertz CT molecular complexity index is 1210. The van der Waals surface area contributed by atoms with Gasteiger partial charge in [0.2, 0.25) is 0 Å². The van der Waals surface area contributed by atoms with E-state index >= 15 is 0 Å². The number of esters is 1. The molecule has 1 heterocycles. The SMILES string of the molecule is Cc1c(OC(=O)[C@H](C)NC(=O)OCc2ccccc2)ccc2c3c(c(=O)oc12)CCCC3. The first-order chi connectivity index (χ1) is 15.4. The lowest BCUT2D eigenvalue weighted by Crippen LogP contribution is -2.41. The second kappa shape index (κ2) is 9.26. The number of ether oxygens (including phenoxy) is 2. The summed E-state index contributed by atoms with van der Waals surface area (Å²) in [6.45, 7) is 3.36. The molecule has 0 radical (unpaired) electrons. The maximum absolute atomic E-state index is 12.5. The highest BCUT2D eigenvalue weighted by Gasteiger charge is 2.23. The molecule has 0 saturated carbocycles. The van der Waals surface area contributed by atoms with E-state index in [4.69, 9.17) is 13.9 Å². The largest absolute Gasteiger partial charge is 0.445 e. The van der Waals surface area contributed by atoms with Gasteiger partial charge in [-0.25, -0.2) is 14.4 Å². The molecule has 0 spiro atoms. The highest BCUT2D eigenvalue weighted by molar-refractivity contribution is 5.88. The van der Waals surface area contributed by atoms with Crippen molar-refractivity contribution in [3.05, 3.63) is 75.1 Å². The molecule has 1 aliphatic carbocycles. The van der Waals surface area contributed by atoms with Gasteiger partial charge in [0.1, 0.15) is 24.0 Å². The summed E-state index contributed by atoms with van der Waals surface area (Å²) in [6, 6.07) is 11.8. The van der Waals surface area contributed by atoms with Gasteiger partial charge in [0.15, 0.2) is 0 Å². The van der Waals surface area contributed by atoms with Crippen molar-refractivity contribution in [1.82, 2.24) is 5.32 Å². The molecule has 0 unspecified atom stereocenters. The fourth-order valence-corrected chi connectivity index (χ4v) is 3.93. The number of amides is 1. The highest BCUT2D eigenvalue weighted by atomic mass is 16.6. The standard InChI is InChI=1S/C25H25NO6/c1-15-21(13-12-19-18-10-6-7-11-20(18)24(28)32-22(15)19)31-23(27)16(2)26-25(29)30-14-17-8-4-3-5-9-17/h3-5,8-9,12-13,16H,6-7,10-11,14H2,1-2H3,(H,26,29)/t16-/m0/s1. The van der Waals surface area contributed by atoms with E-state index in [0.29, 0.717) is 11.1 Å². The van der Waals surface area contributed by atoms with E-state index in [1.54, 1.807) is 13.0 Å². The fourth-order valence-electron chi connectivity index (χ4n) is 3.93. The van der Waals surface area contributed by atoms with Gasteiger partial charge in [0, 0.05) is 16.5 Å². The number of carbonyl (C=O) groups is 2. The van der Waals surface area contributed by atoms with Crippen LogP contribution in [-0.4, -0.2) is 18.1 Å². The third-order valence-electron chi connectivity index (χ3n) is 5.70. The van der Waals surface area contributed by atoms with Crippen LogP contribution in [0, 0.1) is 6.92 Å². The molecule has 166 valence electrons. The molecule has 7 heteroatoms. The van der Waals surface area contributed by atoms with E-state index in [-0.39, 0.29) is 18.0 Å². The van der Waals surface area contributed by atoms with Gasteiger partial charge in [0.25, 0.3) is 0 Å². The van der Waals surface area contributed by atoms with Crippen molar-refractivity contribution in [2.45, 2.75) is 52.2 Å². The first-order valence-corrected chi connectivity index (χ1v) is 10.7. The lowest BCUT2D eigenvalue weighted by atomic mass is 9.90. The van der Waals surface area contributed by atoms with Crippen LogP contribution in [0.2, 0.25) is 0 Å². The molecule has 0 aliphatic heterocycles. The number of alkyl carbamates (subject to hydrolysis) is 1. The van der Waals surface area contributed by atoms with Crippen LogP contribution in [0.4, 0.5) is 4.79 Å². The number of fused-ring (bicyclic) bond motifs is 3. The summed E-state index contributed by atoms with van der Waals surface area (Å²) < 4.78 is 16.2. The third-order valence-corrected chi connectivity index (χ3v) is 5.70. The highest BCUT2D eigenvalue weighted by Crippen LogP contribution is 2.32. The molecule has 0 fully saturated rings. The number of hydrogen-bond acceptors (Lipinski definition) is 6. The van der Waals surface area contributed by atoms with Gasteiger partial charge in [0.05, 0.1) is 0 Å². The second-order valence-corrected chi connectivity index (χ2v) is 7.97. The minimum absolute atomic E-state index is 0.0988. The Morgan fingerprint density at radius 2 is 1.78 bits per heavy atom. The van der Waals surface area contributed by atoms with Crippen molar-refractivity contribution in [1.29, 1.82) is 0 Å².